The van der Waals surface area contributed by atoms with E-state index in [0.29, 0.717) is 30.9 Å². The van der Waals surface area contributed by atoms with E-state index in [2.05, 4.69) is 29.2 Å². The van der Waals surface area contributed by atoms with Crippen molar-refractivity contribution >= 4 is 11.6 Å². The molecule has 0 saturated heterocycles. The first-order valence-electron chi connectivity index (χ1n) is 14.3. The van der Waals surface area contributed by atoms with E-state index in [-0.39, 0.29) is 17.5 Å². The molecule has 40 heavy (non-hydrogen) atoms. The van der Waals surface area contributed by atoms with E-state index in [9.17, 15) is 9.59 Å². The fourth-order valence-electron chi connectivity index (χ4n) is 6.42. The van der Waals surface area contributed by atoms with E-state index in [1.807, 2.05) is 54.6 Å². The molecule has 3 aromatic rings. The molecule has 0 amide bonds. The zero-order valence-corrected chi connectivity index (χ0v) is 23.0. The first kappa shape index (κ1) is 26.1. The van der Waals surface area contributed by atoms with Crippen LogP contribution in [-0.2, 0) is 22.6 Å². The van der Waals surface area contributed by atoms with Crippen LogP contribution in [0.4, 0.5) is 0 Å². The van der Waals surface area contributed by atoms with Crippen LogP contribution in [0, 0.1) is 0 Å². The normalized spacial score (nSPS) is 17.6. The summed E-state index contributed by atoms with van der Waals surface area (Å²) in [7, 11) is 1.63. The Morgan fingerprint density at radius 2 is 1.32 bits per heavy atom. The highest BCUT2D eigenvalue weighted by molar-refractivity contribution is 6.06. The van der Waals surface area contributed by atoms with E-state index >= 15 is 0 Å². The maximum absolute atomic E-state index is 13.6. The van der Waals surface area contributed by atoms with Gasteiger partial charge >= 0.3 is 0 Å². The van der Waals surface area contributed by atoms with Gasteiger partial charge in [0.25, 0.3) is 0 Å². The van der Waals surface area contributed by atoms with Gasteiger partial charge in [-0.3, -0.25) is 9.59 Å². The number of carbonyl (C=O) groups is 2. The average Bonchev–Trinajstić information content (AvgIpc) is 3.00. The summed E-state index contributed by atoms with van der Waals surface area (Å²) in [6.45, 7) is 1.20. The Morgan fingerprint density at radius 3 is 1.93 bits per heavy atom. The van der Waals surface area contributed by atoms with Gasteiger partial charge in [-0.05, 0) is 60.9 Å². The van der Waals surface area contributed by atoms with E-state index in [1.54, 1.807) is 7.11 Å². The Balaban J connectivity index is 1.39. The molecule has 6 rings (SSSR count). The number of methoxy groups -OCH3 is 1. The van der Waals surface area contributed by atoms with E-state index in [4.69, 9.17) is 9.47 Å². The molecule has 3 aromatic carbocycles. The molecule has 5 heteroatoms. The van der Waals surface area contributed by atoms with Crippen LogP contribution in [0.5, 0.6) is 11.5 Å². The quantitative estimate of drug-likeness (QED) is 0.314. The predicted octanol–water partition coefficient (Wildman–Crippen LogP) is 6.93. The monoisotopic (exact) mass is 533 g/mol. The number of benzene rings is 3. The molecule has 1 aliphatic heterocycles. The van der Waals surface area contributed by atoms with Gasteiger partial charge < -0.3 is 14.4 Å². The molecule has 0 bridgehead atoms. The van der Waals surface area contributed by atoms with Crippen molar-refractivity contribution < 1.29 is 19.1 Å². The average molecular weight is 534 g/mol. The maximum Gasteiger partial charge on any atom is 0.161 e. The Labute approximate surface area is 236 Å². The van der Waals surface area contributed by atoms with Crippen molar-refractivity contribution in [3.05, 3.63) is 118 Å². The van der Waals surface area contributed by atoms with Crippen LogP contribution in [-0.4, -0.2) is 30.1 Å². The number of rotatable bonds is 8. The molecule has 1 heterocycles. The topological polar surface area (TPSA) is 55.8 Å². The predicted molar refractivity (Wildman–Crippen MR) is 155 cm³/mol. The summed E-state index contributed by atoms with van der Waals surface area (Å²) in [6.07, 6.45) is 5.31. The number of Topliss-reactive ketones (excluding diaryl/α,β-unsaturated/α-hetero) is 2. The number of carbonyl (C=O) groups excluding carboxylic acids is 2. The summed E-state index contributed by atoms with van der Waals surface area (Å²) in [6, 6.07) is 26.3. The molecule has 0 saturated carbocycles. The first-order chi connectivity index (χ1) is 19.6. The van der Waals surface area contributed by atoms with Crippen LogP contribution >= 0.6 is 0 Å². The van der Waals surface area contributed by atoms with Crippen LogP contribution in [0.1, 0.15) is 61.1 Å². The number of ether oxygens (including phenoxy) is 2. The van der Waals surface area contributed by atoms with E-state index < -0.39 is 0 Å². The van der Waals surface area contributed by atoms with E-state index in [1.165, 1.54) is 5.56 Å². The Bertz CT molecular complexity index is 1430. The highest BCUT2D eigenvalue weighted by Gasteiger charge is 2.43. The van der Waals surface area contributed by atoms with Crippen molar-refractivity contribution in [2.75, 3.05) is 13.7 Å². The van der Waals surface area contributed by atoms with Crippen molar-refractivity contribution in [1.29, 1.82) is 0 Å². The minimum Gasteiger partial charge on any atom is -0.493 e. The van der Waals surface area contributed by atoms with Crippen molar-refractivity contribution in [3.63, 3.8) is 0 Å². The summed E-state index contributed by atoms with van der Waals surface area (Å²) < 4.78 is 11.9. The van der Waals surface area contributed by atoms with Gasteiger partial charge in [-0.25, -0.2) is 0 Å². The summed E-state index contributed by atoms with van der Waals surface area (Å²) >= 11 is 0. The molecule has 0 N–H and O–H groups in total. The molecule has 0 radical (unpaired) electrons. The Morgan fingerprint density at radius 1 is 0.725 bits per heavy atom. The van der Waals surface area contributed by atoms with Gasteiger partial charge in [-0.2, -0.15) is 0 Å². The largest absolute Gasteiger partial charge is 0.493 e. The number of allylic oxidation sites excluding steroid dienone is 4. The van der Waals surface area contributed by atoms with E-state index in [0.717, 1.165) is 72.3 Å². The van der Waals surface area contributed by atoms with Gasteiger partial charge in [-0.1, -0.05) is 66.7 Å². The van der Waals surface area contributed by atoms with Crippen molar-refractivity contribution in [2.45, 2.75) is 57.5 Å². The van der Waals surface area contributed by atoms with Gasteiger partial charge in [0.1, 0.15) is 6.61 Å². The fraction of sp³-hybridized carbons (Fsp3) is 0.314. The highest BCUT2D eigenvalue weighted by atomic mass is 16.5. The van der Waals surface area contributed by atoms with Crippen molar-refractivity contribution in [2.24, 2.45) is 0 Å². The zero-order valence-electron chi connectivity index (χ0n) is 23.0. The lowest BCUT2D eigenvalue weighted by Gasteiger charge is -2.44. The van der Waals surface area contributed by atoms with Crippen LogP contribution in [0.2, 0.25) is 0 Å². The first-order valence-corrected chi connectivity index (χ1v) is 14.3. The van der Waals surface area contributed by atoms with Gasteiger partial charge in [0.15, 0.2) is 23.1 Å². The third kappa shape index (κ3) is 5.08. The Hall–Kier alpha value is -4.12. The number of hydrogen-bond acceptors (Lipinski definition) is 5. The highest BCUT2D eigenvalue weighted by Crippen LogP contribution is 2.50. The number of hydrogen-bond donors (Lipinski definition) is 0. The van der Waals surface area contributed by atoms with Crippen molar-refractivity contribution in [3.8, 4) is 11.5 Å². The second-order valence-corrected chi connectivity index (χ2v) is 10.8. The summed E-state index contributed by atoms with van der Waals surface area (Å²) in [4.78, 5) is 29.6. The standard InChI is InChI=1S/C35H35NO4/c1-39-32-22-26(18-19-31(32)40-23-25-12-6-3-7-13-25)33-34-27(14-8-16-29(34)37)36(21-20-24-10-4-2-5-11-24)28-15-9-17-30(38)35(28)33/h2-7,10-13,18-19,22,33H,8-9,14-17,20-21,23H2,1H3. The second kappa shape index (κ2) is 11.5. The molecule has 0 spiro atoms. The molecule has 0 unspecified atom stereocenters. The minimum absolute atomic E-state index is 0.157. The van der Waals surface area contributed by atoms with Crippen LogP contribution < -0.4 is 9.47 Å². The number of nitrogens with zero attached hydrogens (tertiary/aromatic N) is 1. The Kier molecular flexibility index (Phi) is 7.54. The molecular weight excluding hydrogens is 498 g/mol. The maximum atomic E-state index is 13.6. The van der Waals surface area contributed by atoms with Crippen LogP contribution in [0.25, 0.3) is 0 Å². The molecular formula is C35H35NO4. The third-order valence-corrected chi connectivity index (χ3v) is 8.31. The molecule has 3 aliphatic rings. The van der Waals surface area contributed by atoms with Gasteiger partial charge in [0.05, 0.1) is 7.11 Å². The second-order valence-electron chi connectivity index (χ2n) is 10.8. The molecule has 0 atom stereocenters. The molecule has 0 fully saturated rings. The fourth-order valence-corrected chi connectivity index (χ4v) is 6.42. The van der Waals surface area contributed by atoms with Gasteiger partial charge in [-0.15, -0.1) is 0 Å². The van der Waals surface area contributed by atoms with Crippen molar-refractivity contribution in [1.82, 2.24) is 4.90 Å². The lowest BCUT2D eigenvalue weighted by Crippen LogP contribution is -2.39. The summed E-state index contributed by atoms with van der Waals surface area (Å²) in [5.74, 6) is 1.20. The summed E-state index contributed by atoms with van der Waals surface area (Å²) in [5, 5.41) is 0. The molecule has 2 aliphatic carbocycles. The smallest absolute Gasteiger partial charge is 0.161 e. The van der Waals surface area contributed by atoms with Crippen LogP contribution in [0.15, 0.2) is 101 Å². The lowest BCUT2D eigenvalue weighted by atomic mass is 9.71. The van der Waals surface area contributed by atoms with Gasteiger partial charge in [0, 0.05) is 47.8 Å². The SMILES string of the molecule is COc1cc(C2C3=C(CCCC3=O)N(CCc3ccccc3)C3=C2C(=O)CCC3)ccc1OCc1ccccc1. The molecule has 204 valence electrons. The molecule has 0 aromatic heterocycles. The minimum atomic E-state index is -0.365. The van der Waals surface area contributed by atoms with Crippen LogP contribution in [0.3, 0.4) is 0 Å². The number of ketones is 2. The third-order valence-electron chi connectivity index (χ3n) is 8.31. The zero-order chi connectivity index (χ0) is 27.5. The summed E-state index contributed by atoms with van der Waals surface area (Å²) in [5.41, 5.74) is 7.05. The lowest BCUT2D eigenvalue weighted by molar-refractivity contribution is -0.117. The molecule has 5 nitrogen and oxygen atoms in total. The van der Waals surface area contributed by atoms with Gasteiger partial charge in [0.2, 0.25) is 0 Å².